The van der Waals surface area contributed by atoms with Crippen molar-refractivity contribution in [3.8, 4) is 0 Å². The Labute approximate surface area is 157 Å². The fourth-order valence-corrected chi connectivity index (χ4v) is 3.42. The Morgan fingerprint density at radius 1 is 1.46 bits per heavy atom. The van der Waals surface area contributed by atoms with Crippen LogP contribution in [0.3, 0.4) is 0 Å². The molecule has 2 atom stereocenters. The summed E-state index contributed by atoms with van der Waals surface area (Å²) in [5.41, 5.74) is 0. The minimum Gasteiger partial charge on any atom is -0.378 e. The molecular formula is C14H22Cl2N4O3S. The number of hydrogen-bond donors (Lipinski definition) is 2. The minimum absolute atomic E-state index is 0. The molecule has 136 valence electrons. The highest BCUT2D eigenvalue weighted by molar-refractivity contribution is 7.13. The lowest BCUT2D eigenvalue weighted by Gasteiger charge is -2.28. The standard InChI is InChI=1S/C14H20N4O3S.2ClH/c19-12(8-10-9-21-6-3-15-10)18-5-1-2-11(18)13(20)17-14-16-4-7-22-14;;/h4,7,10-11,15H,1-3,5-6,8-9H2,(H,16,17,20);2*1H. The smallest absolute Gasteiger partial charge is 0.248 e. The third-order valence-electron chi connectivity index (χ3n) is 3.96. The Kier molecular flexibility index (Phi) is 8.93. The number of ether oxygens (including phenoxy) is 1. The van der Waals surface area contributed by atoms with Gasteiger partial charge in [0.05, 0.1) is 13.2 Å². The molecule has 2 aliphatic rings. The lowest BCUT2D eigenvalue weighted by molar-refractivity contribution is -0.137. The van der Waals surface area contributed by atoms with Gasteiger partial charge < -0.3 is 20.3 Å². The van der Waals surface area contributed by atoms with E-state index in [-0.39, 0.29) is 48.7 Å². The van der Waals surface area contributed by atoms with Crippen molar-refractivity contribution in [1.82, 2.24) is 15.2 Å². The van der Waals surface area contributed by atoms with Crippen LogP contribution in [0.2, 0.25) is 0 Å². The molecule has 2 unspecified atom stereocenters. The molecule has 0 spiro atoms. The summed E-state index contributed by atoms with van der Waals surface area (Å²) in [4.78, 5) is 30.6. The number of thiazole rings is 1. The first-order valence-electron chi connectivity index (χ1n) is 7.55. The van der Waals surface area contributed by atoms with E-state index >= 15 is 0 Å². The van der Waals surface area contributed by atoms with Gasteiger partial charge in [0, 0.05) is 37.1 Å². The van der Waals surface area contributed by atoms with E-state index in [4.69, 9.17) is 4.74 Å². The highest BCUT2D eigenvalue weighted by atomic mass is 35.5. The van der Waals surface area contributed by atoms with Crippen LogP contribution in [0.4, 0.5) is 5.13 Å². The van der Waals surface area contributed by atoms with E-state index in [1.54, 1.807) is 11.1 Å². The molecule has 0 bridgehead atoms. The van der Waals surface area contributed by atoms with Gasteiger partial charge in [-0.3, -0.25) is 9.59 Å². The number of anilines is 1. The van der Waals surface area contributed by atoms with Crippen molar-refractivity contribution in [1.29, 1.82) is 0 Å². The lowest BCUT2D eigenvalue weighted by atomic mass is 10.1. The quantitative estimate of drug-likeness (QED) is 0.800. The molecule has 3 rings (SSSR count). The number of aromatic nitrogens is 1. The number of carbonyl (C=O) groups is 2. The van der Waals surface area contributed by atoms with Gasteiger partial charge >= 0.3 is 0 Å². The Morgan fingerprint density at radius 3 is 2.96 bits per heavy atom. The number of nitrogens with zero attached hydrogens (tertiary/aromatic N) is 2. The van der Waals surface area contributed by atoms with Gasteiger partial charge in [0.2, 0.25) is 11.8 Å². The van der Waals surface area contributed by atoms with E-state index in [0.29, 0.717) is 37.7 Å². The first kappa shape index (κ1) is 21.1. The Bertz CT molecular complexity index is 526. The van der Waals surface area contributed by atoms with Crippen molar-refractivity contribution in [2.24, 2.45) is 0 Å². The van der Waals surface area contributed by atoms with E-state index in [1.807, 2.05) is 5.38 Å². The van der Waals surface area contributed by atoms with Crippen molar-refractivity contribution < 1.29 is 14.3 Å². The monoisotopic (exact) mass is 396 g/mol. The average molecular weight is 397 g/mol. The molecule has 2 N–H and O–H groups in total. The first-order chi connectivity index (χ1) is 10.7. The predicted molar refractivity (Wildman–Crippen MR) is 97.2 cm³/mol. The van der Waals surface area contributed by atoms with Gasteiger partial charge in [-0.05, 0) is 12.8 Å². The largest absolute Gasteiger partial charge is 0.378 e. The zero-order valence-electron chi connectivity index (χ0n) is 13.1. The predicted octanol–water partition coefficient (Wildman–Crippen LogP) is 1.29. The second kappa shape index (κ2) is 10.1. The molecule has 2 aliphatic heterocycles. The third kappa shape index (κ3) is 5.29. The van der Waals surface area contributed by atoms with Gasteiger partial charge in [-0.25, -0.2) is 4.98 Å². The maximum absolute atomic E-state index is 12.5. The van der Waals surface area contributed by atoms with Gasteiger partial charge in [0.1, 0.15) is 6.04 Å². The second-order valence-electron chi connectivity index (χ2n) is 5.50. The highest BCUT2D eigenvalue weighted by Crippen LogP contribution is 2.21. The molecular weight excluding hydrogens is 375 g/mol. The third-order valence-corrected chi connectivity index (χ3v) is 4.65. The molecule has 1 aromatic heterocycles. The summed E-state index contributed by atoms with van der Waals surface area (Å²) in [7, 11) is 0. The molecule has 2 saturated heterocycles. The summed E-state index contributed by atoms with van der Waals surface area (Å²) >= 11 is 1.38. The van der Waals surface area contributed by atoms with Crippen molar-refractivity contribution in [2.75, 3.05) is 31.6 Å². The molecule has 0 radical (unpaired) electrons. The summed E-state index contributed by atoms with van der Waals surface area (Å²) in [5, 5.41) is 8.44. The fraction of sp³-hybridized carbons (Fsp3) is 0.643. The Hall–Kier alpha value is -0.930. The zero-order valence-corrected chi connectivity index (χ0v) is 15.6. The van der Waals surface area contributed by atoms with Crippen LogP contribution in [0.5, 0.6) is 0 Å². The van der Waals surface area contributed by atoms with Gasteiger partial charge in [0.15, 0.2) is 5.13 Å². The van der Waals surface area contributed by atoms with Crippen LogP contribution in [0.15, 0.2) is 11.6 Å². The van der Waals surface area contributed by atoms with E-state index in [2.05, 4.69) is 15.6 Å². The van der Waals surface area contributed by atoms with E-state index in [9.17, 15) is 9.59 Å². The summed E-state index contributed by atoms with van der Waals surface area (Å²) in [6, 6.07) is -0.342. The summed E-state index contributed by atoms with van der Waals surface area (Å²) < 4.78 is 5.37. The normalized spacial score (nSPS) is 23.1. The molecule has 0 aliphatic carbocycles. The van der Waals surface area contributed by atoms with Crippen LogP contribution in [-0.4, -0.2) is 60.1 Å². The summed E-state index contributed by atoms with van der Waals surface area (Å²) in [6.07, 6.45) is 3.58. The molecule has 0 saturated carbocycles. The van der Waals surface area contributed by atoms with Gasteiger partial charge in [-0.15, -0.1) is 36.2 Å². The van der Waals surface area contributed by atoms with Crippen molar-refractivity contribution in [2.45, 2.75) is 31.3 Å². The summed E-state index contributed by atoms with van der Waals surface area (Å²) in [6.45, 7) is 2.65. The molecule has 0 aromatic carbocycles. The average Bonchev–Trinajstić information content (AvgIpc) is 3.19. The second-order valence-corrected chi connectivity index (χ2v) is 6.40. The topological polar surface area (TPSA) is 83.6 Å². The number of morpholine rings is 1. The van der Waals surface area contributed by atoms with Gasteiger partial charge in [-0.2, -0.15) is 0 Å². The maximum Gasteiger partial charge on any atom is 0.248 e. The fourth-order valence-electron chi connectivity index (χ4n) is 2.89. The van der Waals surface area contributed by atoms with Gasteiger partial charge in [-0.1, -0.05) is 0 Å². The molecule has 24 heavy (non-hydrogen) atoms. The molecule has 7 nitrogen and oxygen atoms in total. The van der Waals surface area contributed by atoms with Crippen LogP contribution in [0, 0.1) is 0 Å². The molecule has 3 heterocycles. The highest BCUT2D eigenvalue weighted by Gasteiger charge is 2.35. The maximum atomic E-state index is 12.5. The van der Waals surface area contributed by atoms with E-state index < -0.39 is 0 Å². The molecule has 1 aromatic rings. The van der Waals surface area contributed by atoms with E-state index in [1.165, 1.54) is 11.3 Å². The SMILES string of the molecule is Cl.Cl.O=C(Nc1nccs1)C1CCCN1C(=O)CC1COCCN1. The van der Waals surface area contributed by atoms with Crippen LogP contribution >= 0.6 is 36.2 Å². The van der Waals surface area contributed by atoms with Crippen LogP contribution in [0.25, 0.3) is 0 Å². The van der Waals surface area contributed by atoms with Crippen LogP contribution < -0.4 is 10.6 Å². The number of carbonyl (C=O) groups excluding carboxylic acids is 2. The zero-order chi connectivity index (χ0) is 15.4. The molecule has 10 heteroatoms. The van der Waals surface area contributed by atoms with Crippen molar-refractivity contribution >= 4 is 53.1 Å². The number of halogens is 2. The van der Waals surface area contributed by atoms with Crippen molar-refractivity contribution in [3.05, 3.63) is 11.6 Å². The Morgan fingerprint density at radius 2 is 2.29 bits per heavy atom. The number of rotatable bonds is 4. The number of likely N-dealkylation sites (tertiary alicyclic amines) is 1. The summed E-state index contributed by atoms with van der Waals surface area (Å²) in [5.74, 6) is -0.131. The van der Waals surface area contributed by atoms with Crippen molar-refractivity contribution in [3.63, 3.8) is 0 Å². The molecule has 2 amide bonds. The Balaban J connectivity index is 0.00000144. The van der Waals surface area contributed by atoms with Crippen LogP contribution in [0.1, 0.15) is 19.3 Å². The minimum atomic E-state index is -0.388. The number of nitrogens with one attached hydrogen (secondary N) is 2. The lowest BCUT2D eigenvalue weighted by Crippen LogP contribution is -2.48. The molecule has 2 fully saturated rings. The van der Waals surface area contributed by atoms with Crippen LogP contribution in [-0.2, 0) is 14.3 Å². The number of amides is 2. The van der Waals surface area contributed by atoms with E-state index in [0.717, 1.165) is 13.0 Å². The van der Waals surface area contributed by atoms with Gasteiger partial charge in [0.25, 0.3) is 0 Å². The number of hydrogen-bond acceptors (Lipinski definition) is 6. The first-order valence-corrected chi connectivity index (χ1v) is 8.43.